The normalized spacial score (nSPS) is 12.2. The van der Waals surface area contributed by atoms with Gasteiger partial charge in [0.05, 0.1) is 18.2 Å². The number of aromatic nitrogens is 1. The van der Waals surface area contributed by atoms with Gasteiger partial charge in [-0.2, -0.15) is 5.26 Å². The second kappa shape index (κ2) is 5.39. The number of aliphatic hydroxyl groups excluding tert-OH is 1. The molecule has 1 aromatic carbocycles. The van der Waals surface area contributed by atoms with Crippen LogP contribution in [0.15, 0.2) is 36.5 Å². The zero-order chi connectivity index (χ0) is 12.1. The van der Waals surface area contributed by atoms with Crippen LogP contribution in [0.1, 0.15) is 11.6 Å². The van der Waals surface area contributed by atoms with E-state index in [1.165, 1.54) is 0 Å². The second-order valence-corrected chi connectivity index (χ2v) is 3.66. The summed E-state index contributed by atoms with van der Waals surface area (Å²) < 4.78 is 0. The number of nitriles is 1. The Hall–Kier alpha value is -1.96. The molecule has 2 N–H and O–H groups in total. The van der Waals surface area contributed by atoms with Gasteiger partial charge in [-0.25, -0.2) is 0 Å². The molecule has 0 amide bonds. The molecule has 0 radical (unpaired) electrons. The lowest BCUT2D eigenvalue weighted by molar-refractivity contribution is 0.289. The van der Waals surface area contributed by atoms with Gasteiger partial charge in [-0.15, -0.1) is 0 Å². The summed E-state index contributed by atoms with van der Waals surface area (Å²) >= 11 is 0. The topological polar surface area (TPSA) is 68.9 Å². The third-order valence-electron chi connectivity index (χ3n) is 2.56. The minimum Gasteiger partial charge on any atom is -0.395 e. The maximum atomic E-state index is 9.14. The Kier molecular flexibility index (Phi) is 3.66. The number of pyridine rings is 1. The SMILES string of the molecule is N#CC(NCCO)c1cccc2cccnc12. The molecule has 2 rings (SSSR count). The van der Waals surface area contributed by atoms with E-state index in [1.807, 2.05) is 30.3 Å². The Morgan fingerprint density at radius 3 is 2.94 bits per heavy atom. The van der Waals surface area contributed by atoms with Gasteiger partial charge in [-0.05, 0) is 6.07 Å². The summed E-state index contributed by atoms with van der Waals surface area (Å²) in [6, 6.07) is 11.3. The molecule has 1 atom stereocenters. The van der Waals surface area contributed by atoms with Crippen molar-refractivity contribution < 1.29 is 5.11 Å². The molecule has 4 heteroatoms. The van der Waals surface area contributed by atoms with E-state index in [0.29, 0.717) is 6.54 Å². The molecule has 1 heterocycles. The predicted octanol–water partition coefficient (Wildman–Crippen LogP) is 1.38. The molecule has 17 heavy (non-hydrogen) atoms. The van der Waals surface area contributed by atoms with Gasteiger partial charge in [-0.3, -0.25) is 10.3 Å². The summed E-state index contributed by atoms with van der Waals surface area (Å²) in [4.78, 5) is 4.30. The van der Waals surface area contributed by atoms with E-state index in [0.717, 1.165) is 16.5 Å². The van der Waals surface area contributed by atoms with Crippen molar-refractivity contribution >= 4 is 10.9 Å². The lowest BCUT2D eigenvalue weighted by Crippen LogP contribution is -2.23. The standard InChI is InChI=1S/C13H13N3O/c14-9-12(15-7-8-17)11-5-1-3-10-4-2-6-16-13(10)11/h1-6,12,15,17H,7-8H2. The van der Waals surface area contributed by atoms with Crippen LogP contribution in [-0.4, -0.2) is 23.2 Å². The maximum Gasteiger partial charge on any atom is 0.123 e. The summed E-state index contributed by atoms with van der Waals surface area (Å²) in [5, 5.41) is 21.9. The van der Waals surface area contributed by atoms with Crippen molar-refractivity contribution in [3.05, 3.63) is 42.1 Å². The first kappa shape index (κ1) is 11.5. The zero-order valence-corrected chi connectivity index (χ0v) is 9.30. The number of benzene rings is 1. The first-order chi connectivity index (χ1) is 8.36. The van der Waals surface area contributed by atoms with Crippen molar-refractivity contribution in [1.29, 1.82) is 5.26 Å². The van der Waals surface area contributed by atoms with Crippen LogP contribution in [0.5, 0.6) is 0 Å². The van der Waals surface area contributed by atoms with Gasteiger partial charge in [0.15, 0.2) is 0 Å². The lowest BCUT2D eigenvalue weighted by Gasteiger charge is -2.12. The number of fused-ring (bicyclic) bond motifs is 1. The van der Waals surface area contributed by atoms with Crippen LogP contribution in [0, 0.1) is 11.3 Å². The number of rotatable bonds is 4. The summed E-state index contributed by atoms with van der Waals surface area (Å²) in [5.41, 5.74) is 1.67. The van der Waals surface area contributed by atoms with Crippen molar-refractivity contribution in [2.45, 2.75) is 6.04 Å². The highest BCUT2D eigenvalue weighted by Gasteiger charge is 2.13. The lowest BCUT2D eigenvalue weighted by atomic mass is 10.0. The average molecular weight is 227 g/mol. The van der Waals surface area contributed by atoms with E-state index in [1.54, 1.807) is 6.20 Å². The summed E-state index contributed by atoms with van der Waals surface area (Å²) in [7, 11) is 0. The average Bonchev–Trinajstić information content (AvgIpc) is 2.40. The minimum absolute atomic E-state index is 0.0103. The first-order valence-corrected chi connectivity index (χ1v) is 5.44. The number of nitrogens with one attached hydrogen (secondary N) is 1. The Labute approximate surface area is 99.5 Å². The van der Waals surface area contributed by atoms with Crippen molar-refractivity contribution in [2.24, 2.45) is 0 Å². The quantitative estimate of drug-likeness (QED) is 0.828. The van der Waals surface area contributed by atoms with Gasteiger partial charge in [-0.1, -0.05) is 24.3 Å². The molecule has 1 unspecified atom stereocenters. The summed E-state index contributed by atoms with van der Waals surface area (Å²) in [5.74, 6) is 0. The Morgan fingerprint density at radius 2 is 2.18 bits per heavy atom. The molecule has 0 fully saturated rings. The highest BCUT2D eigenvalue weighted by atomic mass is 16.3. The van der Waals surface area contributed by atoms with Gasteiger partial charge < -0.3 is 5.11 Å². The first-order valence-electron chi connectivity index (χ1n) is 5.44. The number of hydrogen-bond acceptors (Lipinski definition) is 4. The molecule has 1 aromatic heterocycles. The second-order valence-electron chi connectivity index (χ2n) is 3.66. The fourth-order valence-electron chi connectivity index (χ4n) is 1.79. The molecule has 0 aliphatic rings. The minimum atomic E-state index is -0.444. The van der Waals surface area contributed by atoms with Gasteiger partial charge >= 0.3 is 0 Å². The molecule has 2 aromatic rings. The molecule has 0 aliphatic heterocycles. The smallest absolute Gasteiger partial charge is 0.123 e. The van der Waals surface area contributed by atoms with E-state index in [9.17, 15) is 0 Å². The molecule has 0 saturated heterocycles. The number of aliphatic hydroxyl groups is 1. The van der Waals surface area contributed by atoms with Crippen LogP contribution in [0.2, 0.25) is 0 Å². The molecule has 0 saturated carbocycles. The third kappa shape index (κ3) is 2.41. The van der Waals surface area contributed by atoms with E-state index in [4.69, 9.17) is 10.4 Å². The Balaban J connectivity index is 2.43. The molecule has 86 valence electrons. The van der Waals surface area contributed by atoms with Crippen LogP contribution in [0.4, 0.5) is 0 Å². The van der Waals surface area contributed by atoms with Crippen LogP contribution in [0.25, 0.3) is 10.9 Å². The zero-order valence-electron chi connectivity index (χ0n) is 9.30. The summed E-state index contributed by atoms with van der Waals surface area (Å²) in [6.07, 6.45) is 1.71. The fourth-order valence-corrected chi connectivity index (χ4v) is 1.79. The molecule has 4 nitrogen and oxygen atoms in total. The highest BCUT2D eigenvalue weighted by Crippen LogP contribution is 2.21. The van der Waals surface area contributed by atoms with Crippen LogP contribution in [-0.2, 0) is 0 Å². The van der Waals surface area contributed by atoms with Crippen molar-refractivity contribution in [3.8, 4) is 6.07 Å². The van der Waals surface area contributed by atoms with E-state index in [2.05, 4.69) is 16.4 Å². The molecule has 0 bridgehead atoms. The van der Waals surface area contributed by atoms with Crippen LogP contribution < -0.4 is 5.32 Å². The van der Waals surface area contributed by atoms with E-state index < -0.39 is 6.04 Å². The van der Waals surface area contributed by atoms with Crippen molar-refractivity contribution in [1.82, 2.24) is 10.3 Å². The van der Waals surface area contributed by atoms with Crippen molar-refractivity contribution in [3.63, 3.8) is 0 Å². The third-order valence-corrected chi connectivity index (χ3v) is 2.56. The van der Waals surface area contributed by atoms with Crippen LogP contribution >= 0.6 is 0 Å². The molecular formula is C13H13N3O. The number of nitrogens with zero attached hydrogens (tertiary/aromatic N) is 2. The van der Waals surface area contributed by atoms with Gasteiger partial charge in [0.25, 0.3) is 0 Å². The van der Waals surface area contributed by atoms with E-state index >= 15 is 0 Å². The summed E-state index contributed by atoms with van der Waals surface area (Å²) in [6.45, 7) is 0.401. The highest BCUT2D eigenvalue weighted by molar-refractivity contribution is 5.82. The van der Waals surface area contributed by atoms with E-state index in [-0.39, 0.29) is 6.61 Å². The number of hydrogen-bond donors (Lipinski definition) is 2. The monoisotopic (exact) mass is 227 g/mol. The molecule has 0 spiro atoms. The number of para-hydroxylation sites is 1. The largest absolute Gasteiger partial charge is 0.395 e. The fraction of sp³-hybridized carbons (Fsp3) is 0.231. The van der Waals surface area contributed by atoms with Crippen molar-refractivity contribution in [2.75, 3.05) is 13.2 Å². The maximum absolute atomic E-state index is 9.14. The van der Waals surface area contributed by atoms with Gasteiger partial charge in [0.2, 0.25) is 0 Å². The molecule has 0 aliphatic carbocycles. The van der Waals surface area contributed by atoms with Gasteiger partial charge in [0.1, 0.15) is 6.04 Å². The van der Waals surface area contributed by atoms with Gasteiger partial charge in [0, 0.05) is 23.7 Å². The Morgan fingerprint density at radius 1 is 1.35 bits per heavy atom. The Bertz CT molecular complexity index is 542. The molecular weight excluding hydrogens is 214 g/mol. The van der Waals surface area contributed by atoms with Crippen LogP contribution in [0.3, 0.4) is 0 Å². The predicted molar refractivity (Wildman–Crippen MR) is 65.2 cm³/mol.